The van der Waals surface area contributed by atoms with Crippen LogP contribution < -0.4 is 0 Å². The molecule has 4 heteroatoms. The van der Waals surface area contributed by atoms with Crippen molar-refractivity contribution in [2.75, 3.05) is 26.7 Å². The van der Waals surface area contributed by atoms with Crippen LogP contribution in [0.4, 0.5) is 4.79 Å². The summed E-state index contributed by atoms with van der Waals surface area (Å²) in [4.78, 5) is 15.6. The minimum Gasteiger partial charge on any atom is -0.395 e. The molecule has 0 saturated carbocycles. The van der Waals surface area contributed by atoms with Crippen LogP contribution in [0.15, 0.2) is 12.1 Å². The molecule has 1 aromatic rings. The van der Waals surface area contributed by atoms with E-state index in [4.69, 9.17) is 5.11 Å². The van der Waals surface area contributed by atoms with Crippen molar-refractivity contribution in [1.29, 1.82) is 0 Å². The molecular weight excluding hydrogens is 240 g/mol. The lowest BCUT2D eigenvalue weighted by Gasteiger charge is -2.22. The molecule has 1 atom stereocenters. The lowest BCUT2D eigenvalue weighted by atomic mass is 9.94. The van der Waals surface area contributed by atoms with Gasteiger partial charge in [0.2, 0.25) is 0 Å². The number of carbonyl (C=O) groups excluding carboxylic acids is 1. The van der Waals surface area contributed by atoms with Gasteiger partial charge in [0.1, 0.15) is 0 Å². The molecule has 1 N–H and O–H groups in total. The van der Waals surface area contributed by atoms with E-state index in [-0.39, 0.29) is 18.7 Å². The molecule has 104 valence electrons. The molecule has 2 rings (SSSR count). The predicted molar refractivity (Wildman–Crippen MR) is 75.2 cm³/mol. The van der Waals surface area contributed by atoms with E-state index in [1.807, 2.05) is 7.05 Å². The molecule has 1 heterocycles. The maximum atomic E-state index is 12.1. The van der Waals surface area contributed by atoms with Crippen molar-refractivity contribution in [3.63, 3.8) is 0 Å². The van der Waals surface area contributed by atoms with Crippen LogP contribution in [0.3, 0.4) is 0 Å². The van der Waals surface area contributed by atoms with E-state index in [0.717, 1.165) is 0 Å². The largest absolute Gasteiger partial charge is 0.395 e. The highest BCUT2D eigenvalue weighted by molar-refractivity contribution is 5.77. The van der Waals surface area contributed by atoms with Gasteiger partial charge < -0.3 is 14.9 Å². The van der Waals surface area contributed by atoms with Crippen LogP contribution in [-0.2, 0) is 0 Å². The van der Waals surface area contributed by atoms with Crippen molar-refractivity contribution in [3.8, 4) is 0 Å². The fourth-order valence-electron chi connectivity index (χ4n) is 3.08. The number of hydrogen-bond acceptors (Lipinski definition) is 2. The summed E-state index contributed by atoms with van der Waals surface area (Å²) in [6.45, 7) is 7.36. The Morgan fingerprint density at radius 1 is 1.26 bits per heavy atom. The average Bonchev–Trinajstić information content (AvgIpc) is 2.57. The van der Waals surface area contributed by atoms with E-state index in [1.165, 1.54) is 22.3 Å². The zero-order valence-electron chi connectivity index (χ0n) is 12.1. The van der Waals surface area contributed by atoms with Crippen LogP contribution in [0.1, 0.15) is 28.3 Å². The molecule has 0 aromatic heterocycles. The van der Waals surface area contributed by atoms with Crippen molar-refractivity contribution < 1.29 is 9.90 Å². The quantitative estimate of drug-likeness (QED) is 0.905. The van der Waals surface area contributed by atoms with Gasteiger partial charge in [-0.25, -0.2) is 4.79 Å². The average molecular weight is 262 g/mol. The van der Waals surface area contributed by atoms with Crippen molar-refractivity contribution in [2.45, 2.75) is 26.8 Å². The molecule has 1 saturated heterocycles. The van der Waals surface area contributed by atoms with E-state index in [9.17, 15) is 4.79 Å². The molecule has 2 amide bonds. The maximum absolute atomic E-state index is 12.1. The van der Waals surface area contributed by atoms with E-state index in [0.29, 0.717) is 13.1 Å². The molecule has 1 aliphatic heterocycles. The van der Waals surface area contributed by atoms with Crippen LogP contribution in [0.2, 0.25) is 0 Å². The van der Waals surface area contributed by atoms with Gasteiger partial charge >= 0.3 is 6.03 Å². The normalized spacial score (nSPS) is 19.4. The zero-order valence-corrected chi connectivity index (χ0v) is 12.1. The van der Waals surface area contributed by atoms with Crippen LogP contribution in [0.25, 0.3) is 0 Å². The number of likely N-dealkylation sites (N-methyl/N-ethyl adjacent to an activating group) is 1. The molecule has 0 spiro atoms. The van der Waals surface area contributed by atoms with Gasteiger partial charge in [0.25, 0.3) is 0 Å². The second kappa shape index (κ2) is 5.21. The van der Waals surface area contributed by atoms with Gasteiger partial charge in [-0.2, -0.15) is 0 Å². The minimum atomic E-state index is -0.00146. The SMILES string of the molecule is Cc1cc(C)c(C2CN(CCO)C(=O)N2C)c(C)c1. The number of carbonyl (C=O) groups is 1. The Labute approximate surface area is 114 Å². The van der Waals surface area contributed by atoms with Gasteiger partial charge in [0.15, 0.2) is 0 Å². The van der Waals surface area contributed by atoms with Gasteiger partial charge in [-0.1, -0.05) is 17.7 Å². The van der Waals surface area contributed by atoms with Gasteiger partial charge in [0.05, 0.1) is 12.6 Å². The maximum Gasteiger partial charge on any atom is 0.320 e. The van der Waals surface area contributed by atoms with Crippen LogP contribution in [-0.4, -0.2) is 47.7 Å². The zero-order chi connectivity index (χ0) is 14.2. The molecule has 0 bridgehead atoms. The van der Waals surface area contributed by atoms with Crippen molar-refractivity contribution >= 4 is 6.03 Å². The molecule has 1 unspecified atom stereocenters. The highest BCUT2D eigenvalue weighted by atomic mass is 16.3. The lowest BCUT2D eigenvalue weighted by Crippen LogP contribution is -2.31. The Hall–Kier alpha value is -1.55. The summed E-state index contributed by atoms with van der Waals surface area (Å²) in [5.41, 5.74) is 4.95. The summed E-state index contributed by atoms with van der Waals surface area (Å²) in [6.07, 6.45) is 0. The Morgan fingerprint density at radius 3 is 2.37 bits per heavy atom. The van der Waals surface area contributed by atoms with Crippen LogP contribution in [0.5, 0.6) is 0 Å². The molecule has 1 aliphatic rings. The molecule has 1 aromatic carbocycles. The van der Waals surface area contributed by atoms with E-state index < -0.39 is 0 Å². The second-order valence-electron chi connectivity index (χ2n) is 5.39. The number of rotatable bonds is 3. The van der Waals surface area contributed by atoms with E-state index >= 15 is 0 Å². The molecular formula is C15H22N2O2. The number of benzene rings is 1. The summed E-state index contributed by atoms with van der Waals surface area (Å²) in [5.74, 6) is 0. The topological polar surface area (TPSA) is 43.8 Å². The fraction of sp³-hybridized carbons (Fsp3) is 0.533. The Morgan fingerprint density at radius 2 is 1.84 bits per heavy atom. The third-order valence-electron chi connectivity index (χ3n) is 3.87. The van der Waals surface area contributed by atoms with Gasteiger partial charge in [-0.15, -0.1) is 0 Å². The van der Waals surface area contributed by atoms with Gasteiger partial charge in [-0.05, 0) is 37.5 Å². The van der Waals surface area contributed by atoms with Gasteiger partial charge in [0, 0.05) is 20.1 Å². The number of amides is 2. The number of hydrogen-bond donors (Lipinski definition) is 1. The minimum absolute atomic E-state index is 0.00146. The van der Waals surface area contributed by atoms with Crippen LogP contribution in [0, 0.1) is 20.8 Å². The number of nitrogens with zero attached hydrogens (tertiary/aromatic N) is 2. The number of aliphatic hydroxyl groups is 1. The first-order valence-corrected chi connectivity index (χ1v) is 6.66. The first-order chi connectivity index (χ1) is 8.95. The third kappa shape index (κ3) is 2.45. The molecule has 0 radical (unpaired) electrons. The lowest BCUT2D eigenvalue weighted by molar-refractivity contribution is 0.182. The summed E-state index contributed by atoms with van der Waals surface area (Å²) in [7, 11) is 1.84. The van der Waals surface area contributed by atoms with Gasteiger partial charge in [-0.3, -0.25) is 0 Å². The Kier molecular flexibility index (Phi) is 3.80. The van der Waals surface area contributed by atoms with Crippen molar-refractivity contribution in [3.05, 3.63) is 34.4 Å². The number of β-amino-alcohol motifs (C(OH)–C–C–N with tert-alkyl or cyclic N) is 1. The third-order valence-corrected chi connectivity index (χ3v) is 3.87. The number of urea groups is 1. The molecule has 0 aliphatic carbocycles. The summed E-state index contributed by atoms with van der Waals surface area (Å²) < 4.78 is 0. The Balaban J connectivity index is 2.35. The first-order valence-electron chi connectivity index (χ1n) is 6.66. The van der Waals surface area contributed by atoms with E-state index in [1.54, 1.807) is 9.80 Å². The van der Waals surface area contributed by atoms with Crippen LogP contribution >= 0.6 is 0 Å². The second-order valence-corrected chi connectivity index (χ2v) is 5.39. The van der Waals surface area contributed by atoms with Crippen molar-refractivity contribution in [1.82, 2.24) is 9.80 Å². The summed E-state index contributed by atoms with van der Waals surface area (Å²) in [5, 5.41) is 9.02. The summed E-state index contributed by atoms with van der Waals surface area (Å²) in [6, 6.07) is 4.41. The molecule has 4 nitrogen and oxygen atoms in total. The smallest absolute Gasteiger partial charge is 0.320 e. The predicted octanol–water partition coefficient (Wildman–Crippen LogP) is 2.01. The summed E-state index contributed by atoms with van der Waals surface area (Å²) >= 11 is 0. The Bertz CT molecular complexity index is 476. The number of aliphatic hydroxyl groups excluding tert-OH is 1. The van der Waals surface area contributed by atoms with Crippen molar-refractivity contribution in [2.24, 2.45) is 0 Å². The standard InChI is InChI=1S/C15H22N2O2/c1-10-7-11(2)14(12(3)8-10)13-9-17(5-6-18)15(19)16(13)4/h7-8,13,18H,5-6,9H2,1-4H3. The number of aryl methyl sites for hydroxylation is 3. The highest BCUT2D eigenvalue weighted by Crippen LogP contribution is 2.32. The van der Waals surface area contributed by atoms with E-state index in [2.05, 4.69) is 32.9 Å². The highest BCUT2D eigenvalue weighted by Gasteiger charge is 2.36. The molecule has 1 fully saturated rings. The first kappa shape index (κ1) is 13.9. The fourth-order valence-corrected chi connectivity index (χ4v) is 3.08. The monoisotopic (exact) mass is 262 g/mol. The molecule has 19 heavy (non-hydrogen) atoms.